The van der Waals surface area contributed by atoms with E-state index in [1.807, 2.05) is 18.2 Å². The van der Waals surface area contributed by atoms with Crippen LogP contribution < -0.4 is 9.80 Å². The van der Waals surface area contributed by atoms with E-state index in [9.17, 15) is 4.39 Å². The fourth-order valence-electron chi connectivity index (χ4n) is 3.26. The Kier molecular flexibility index (Phi) is 5.95. The molecule has 0 radical (unpaired) electrons. The molecule has 1 aromatic heterocycles. The number of benzene rings is 1. The van der Waals surface area contributed by atoms with Crippen LogP contribution in [0.25, 0.3) is 0 Å². The van der Waals surface area contributed by atoms with Crippen LogP contribution in [0.2, 0.25) is 0 Å². The average Bonchev–Trinajstić information content (AvgIpc) is 2.88. The highest BCUT2D eigenvalue weighted by Gasteiger charge is 2.22. The van der Waals surface area contributed by atoms with Crippen LogP contribution in [0, 0.1) is 5.82 Å². The Labute approximate surface area is 161 Å². The monoisotopic (exact) mass is 372 g/mol. The molecule has 2 aromatic rings. The van der Waals surface area contributed by atoms with Crippen LogP contribution in [0.15, 0.2) is 30.3 Å². The first-order valence-corrected chi connectivity index (χ1v) is 9.49. The Hall–Kier alpha value is -2.21. The second kappa shape index (κ2) is 8.21. The van der Waals surface area contributed by atoms with Crippen molar-refractivity contribution in [2.24, 2.45) is 0 Å². The second-order valence-corrected chi connectivity index (χ2v) is 8.03. The van der Waals surface area contributed by atoms with Gasteiger partial charge in [0.05, 0.1) is 12.3 Å². The summed E-state index contributed by atoms with van der Waals surface area (Å²) in [6.45, 7) is 10.5. The molecule has 1 aliphatic heterocycles. The third-order valence-electron chi connectivity index (χ3n) is 4.74. The van der Waals surface area contributed by atoms with E-state index >= 15 is 0 Å². The maximum absolute atomic E-state index is 13.2. The number of nitrogens with zero attached hydrogens (tertiary/aromatic N) is 4. The largest absolute Gasteiger partial charge is 0.378 e. The van der Waals surface area contributed by atoms with E-state index in [0.717, 1.165) is 55.6 Å². The molecule has 2 heterocycles. The molecule has 0 aliphatic carbocycles. The van der Waals surface area contributed by atoms with Gasteiger partial charge in [-0.05, 0) is 30.7 Å². The van der Waals surface area contributed by atoms with Crippen LogP contribution in [-0.2, 0) is 16.8 Å². The normalized spacial score (nSPS) is 15.7. The van der Waals surface area contributed by atoms with Crippen molar-refractivity contribution in [3.63, 3.8) is 0 Å². The molecule has 1 fully saturated rings. The predicted molar refractivity (Wildman–Crippen MR) is 107 cm³/mol. The third kappa shape index (κ3) is 4.95. The van der Waals surface area contributed by atoms with Gasteiger partial charge >= 0.3 is 0 Å². The number of hydrogen-bond donors (Lipinski definition) is 0. The molecule has 27 heavy (non-hydrogen) atoms. The van der Waals surface area contributed by atoms with Gasteiger partial charge in [0.25, 0.3) is 0 Å². The first-order valence-electron chi connectivity index (χ1n) is 9.49. The van der Waals surface area contributed by atoms with Crippen LogP contribution in [0.1, 0.15) is 38.7 Å². The molecular formula is C21H29FN4O. The van der Waals surface area contributed by atoms with Crippen LogP contribution in [0.5, 0.6) is 0 Å². The summed E-state index contributed by atoms with van der Waals surface area (Å²) in [5.74, 6) is 1.60. The summed E-state index contributed by atoms with van der Waals surface area (Å²) in [5, 5.41) is 0. The zero-order chi connectivity index (χ0) is 19.4. The molecule has 5 nitrogen and oxygen atoms in total. The van der Waals surface area contributed by atoms with Crippen LogP contribution in [0.4, 0.5) is 15.9 Å². The molecule has 0 amide bonds. The number of hydrogen-bond acceptors (Lipinski definition) is 5. The van der Waals surface area contributed by atoms with Crippen molar-refractivity contribution < 1.29 is 9.13 Å². The summed E-state index contributed by atoms with van der Waals surface area (Å²) in [7, 11) is 1.69. The Morgan fingerprint density at radius 1 is 1.00 bits per heavy atom. The molecule has 0 N–H and O–H groups in total. The minimum Gasteiger partial charge on any atom is -0.378 e. The molecule has 0 spiro atoms. The Morgan fingerprint density at radius 3 is 2.33 bits per heavy atom. The molecule has 0 unspecified atom stereocenters. The summed E-state index contributed by atoms with van der Waals surface area (Å²) in [4.78, 5) is 14.2. The van der Waals surface area contributed by atoms with E-state index in [4.69, 9.17) is 9.72 Å². The van der Waals surface area contributed by atoms with Gasteiger partial charge in [-0.15, -0.1) is 0 Å². The summed E-state index contributed by atoms with van der Waals surface area (Å²) in [5.41, 5.74) is 1.85. The number of methoxy groups -OCH3 is 1. The van der Waals surface area contributed by atoms with Gasteiger partial charge in [0.2, 0.25) is 0 Å². The number of ether oxygens (including phenoxy) is 1. The molecule has 0 saturated carbocycles. The van der Waals surface area contributed by atoms with Crippen molar-refractivity contribution in [1.29, 1.82) is 0 Å². The predicted octanol–water partition coefficient (Wildman–Crippen LogP) is 3.78. The van der Waals surface area contributed by atoms with E-state index in [1.54, 1.807) is 7.11 Å². The molecule has 1 saturated heterocycles. The number of aromatic nitrogens is 2. The number of anilines is 2. The molecule has 1 aliphatic rings. The van der Waals surface area contributed by atoms with Gasteiger partial charge in [0.1, 0.15) is 17.5 Å². The summed E-state index contributed by atoms with van der Waals surface area (Å²) in [6, 6.07) is 8.78. The topological polar surface area (TPSA) is 41.5 Å². The van der Waals surface area contributed by atoms with Crippen molar-refractivity contribution in [2.45, 2.75) is 39.2 Å². The van der Waals surface area contributed by atoms with Gasteiger partial charge in [0.15, 0.2) is 0 Å². The molecule has 0 bridgehead atoms. The molecular weight excluding hydrogens is 343 g/mol. The minimum absolute atomic E-state index is 0.121. The third-order valence-corrected chi connectivity index (χ3v) is 4.74. The molecule has 6 heteroatoms. The quantitative estimate of drug-likeness (QED) is 0.817. The summed E-state index contributed by atoms with van der Waals surface area (Å²) in [6.07, 6.45) is 1.02. The highest BCUT2D eigenvalue weighted by molar-refractivity contribution is 5.48. The number of halogens is 1. The van der Waals surface area contributed by atoms with Gasteiger partial charge < -0.3 is 14.5 Å². The van der Waals surface area contributed by atoms with Crippen molar-refractivity contribution in [2.75, 3.05) is 43.1 Å². The lowest BCUT2D eigenvalue weighted by molar-refractivity contribution is 0.181. The maximum atomic E-state index is 13.2. The lowest BCUT2D eigenvalue weighted by atomic mass is 9.95. The Morgan fingerprint density at radius 2 is 1.67 bits per heavy atom. The van der Waals surface area contributed by atoms with E-state index in [1.165, 1.54) is 12.1 Å². The number of rotatable bonds is 4. The van der Waals surface area contributed by atoms with Gasteiger partial charge in [-0.1, -0.05) is 20.8 Å². The maximum Gasteiger partial charge on any atom is 0.136 e. The lowest BCUT2D eigenvalue weighted by Crippen LogP contribution is -2.32. The van der Waals surface area contributed by atoms with Crippen molar-refractivity contribution >= 4 is 11.5 Å². The fourth-order valence-corrected chi connectivity index (χ4v) is 3.26. The molecule has 3 rings (SSSR count). The van der Waals surface area contributed by atoms with Crippen molar-refractivity contribution in [3.8, 4) is 0 Å². The van der Waals surface area contributed by atoms with E-state index in [0.29, 0.717) is 6.61 Å². The SMILES string of the molecule is COCc1cc(N2CCCN(c3ccc(F)cc3)CC2)nc(C(C)(C)C)n1. The van der Waals surface area contributed by atoms with E-state index in [2.05, 4.69) is 35.6 Å². The van der Waals surface area contributed by atoms with Crippen molar-refractivity contribution in [3.05, 3.63) is 47.7 Å². The van der Waals surface area contributed by atoms with Crippen LogP contribution in [-0.4, -0.2) is 43.3 Å². The van der Waals surface area contributed by atoms with Gasteiger partial charge in [0, 0.05) is 50.5 Å². The highest BCUT2D eigenvalue weighted by atomic mass is 19.1. The van der Waals surface area contributed by atoms with Gasteiger partial charge in [-0.3, -0.25) is 0 Å². The first kappa shape index (κ1) is 19.5. The molecule has 0 atom stereocenters. The summed E-state index contributed by atoms with van der Waals surface area (Å²) < 4.78 is 18.5. The van der Waals surface area contributed by atoms with E-state index < -0.39 is 0 Å². The molecule has 1 aromatic carbocycles. The smallest absolute Gasteiger partial charge is 0.136 e. The zero-order valence-corrected chi connectivity index (χ0v) is 16.7. The molecule has 146 valence electrons. The Balaban J connectivity index is 1.80. The average molecular weight is 372 g/mol. The van der Waals surface area contributed by atoms with Gasteiger partial charge in [-0.2, -0.15) is 0 Å². The second-order valence-electron chi connectivity index (χ2n) is 8.03. The van der Waals surface area contributed by atoms with Crippen molar-refractivity contribution in [1.82, 2.24) is 9.97 Å². The first-order chi connectivity index (χ1) is 12.9. The van der Waals surface area contributed by atoms with Gasteiger partial charge in [-0.25, -0.2) is 14.4 Å². The summed E-state index contributed by atoms with van der Waals surface area (Å²) >= 11 is 0. The van der Waals surface area contributed by atoms with E-state index in [-0.39, 0.29) is 11.2 Å². The van der Waals surface area contributed by atoms with Crippen LogP contribution in [0.3, 0.4) is 0 Å². The van der Waals surface area contributed by atoms with Crippen LogP contribution >= 0.6 is 0 Å². The fraction of sp³-hybridized carbons (Fsp3) is 0.524. The highest BCUT2D eigenvalue weighted by Crippen LogP contribution is 2.24. The lowest BCUT2D eigenvalue weighted by Gasteiger charge is -2.26. The Bertz CT molecular complexity index is 758. The minimum atomic E-state index is -0.198. The zero-order valence-electron chi connectivity index (χ0n) is 16.7. The standard InChI is InChI=1S/C21H29FN4O/c1-21(2,3)20-23-17(15-27-4)14-19(24-20)26-11-5-10-25(12-13-26)18-8-6-16(22)7-9-18/h6-9,14H,5,10-13,15H2,1-4H3.